The Kier molecular flexibility index (Phi) is 6.13. The molecule has 2 rings (SSSR count). The SMILES string of the molecule is CCNC(C1=CCCCCC1)c1cccc(OCC)c1. The van der Waals surface area contributed by atoms with Gasteiger partial charge in [0.25, 0.3) is 0 Å². The third-order valence-corrected chi connectivity index (χ3v) is 3.86. The molecule has 2 heteroatoms. The average Bonchev–Trinajstić information content (AvgIpc) is 2.74. The Hall–Kier alpha value is -1.28. The topological polar surface area (TPSA) is 21.3 Å². The summed E-state index contributed by atoms with van der Waals surface area (Å²) in [5.74, 6) is 0.974. The van der Waals surface area contributed by atoms with E-state index in [1.165, 1.54) is 37.7 Å². The third kappa shape index (κ3) is 4.11. The normalized spacial score (nSPS) is 17.2. The lowest BCUT2D eigenvalue weighted by molar-refractivity contribution is 0.339. The molecule has 110 valence electrons. The predicted molar refractivity (Wildman–Crippen MR) is 85.2 cm³/mol. The minimum Gasteiger partial charge on any atom is -0.494 e. The number of hydrogen-bond acceptors (Lipinski definition) is 2. The molecular weight excluding hydrogens is 246 g/mol. The fourth-order valence-corrected chi connectivity index (χ4v) is 2.92. The molecular formula is C18H27NO. The van der Waals surface area contributed by atoms with E-state index in [1.54, 1.807) is 5.57 Å². The van der Waals surface area contributed by atoms with Crippen molar-refractivity contribution >= 4 is 0 Å². The zero-order valence-corrected chi connectivity index (χ0v) is 12.8. The van der Waals surface area contributed by atoms with Crippen LogP contribution in [0.4, 0.5) is 0 Å². The molecule has 2 nitrogen and oxygen atoms in total. The van der Waals surface area contributed by atoms with Crippen LogP contribution in [0.25, 0.3) is 0 Å². The highest BCUT2D eigenvalue weighted by molar-refractivity contribution is 5.35. The maximum absolute atomic E-state index is 5.64. The lowest BCUT2D eigenvalue weighted by Gasteiger charge is -2.22. The van der Waals surface area contributed by atoms with Crippen molar-refractivity contribution in [3.63, 3.8) is 0 Å². The number of ether oxygens (including phenoxy) is 1. The molecule has 1 N–H and O–H groups in total. The second kappa shape index (κ2) is 8.11. The van der Waals surface area contributed by atoms with E-state index in [9.17, 15) is 0 Å². The first-order valence-electron chi connectivity index (χ1n) is 8.00. The number of benzene rings is 1. The molecule has 1 atom stereocenters. The zero-order valence-electron chi connectivity index (χ0n) is 12.8. The summed E-state index contributed by atoms with van der Waals surface area (Å²) in [6.07, 6.45) is 8.91. The van der Waals surface area contributed by atoms with Gasteiger partial charge in [-0.2, -0.15) is 0 Å². The molecule has 0 aromatic heterocycles. The van der Waals surface area contributed by atoms with Crippen LogP contribution < -0.4 is 10.1 Å². The Morgan fingerprint density at radius 2 is 2.10 bits per heavy atom. The number of rotatable bonds is 6. The van der Waals surface area contributed by atoms with E-state index < -0.39 is 0 Å². The van der Waals surface area contributed by atoms with Crippen LogP contribution in [0, 0.1) is 0 Å². The summed E-state index contributed by atoms with van der Waals surface area (Å²) >= 11 is 0. The Morgan fingerprint density at radius 1 is 1.20 bits per heavy atom. The van der Waals surface area contributed by atoms with Gasteiger partial charge < -0.3 is 10.1 Å². The van der Waals surface area contributed by atoms with Gasteiger partial charge in [-0.1, -0.05) is 37.1 Å². The number of allylic oxidation sites excluding steroid dienone is 1. The van der Waals surface area contributed by atoms with Gasteiger partial charge >= 0.3 is 0 Å². The summed E-state index contributed by atoms with van der Waals surface area (Å²) in [6.45, 7) is 5.91. The Morgan fingerprint density at radius 3 is 2.90 bits per heavy atom. The fraction of sp³-hybridized carbons (Fsp3) is 0.556. The first-order chi connectivity index (χ1) is 9.85. The molecule has 1 aromatic carbocycles. The van der Waals surface area contributed by atoms with Crippen molar-refractivity contribution in [1.29, 1.82) is 0 Å². The first-order valence-corrected chi connectivity index (χ1v) is 8.00. The van der Waals surface area contributed by atoms with E-state index >= 15 is 0 Å². The van der Waals surface area contributed by atoms with Crippen LogP contribution >= 0.6 is 0 Å². The standard InChI is InChI=1S/C18H27NO/c1-3-19-18(15-10-7-5-6-8-11-15)16-12-9-13-17(14-16)20-4-2/h9-10,12-14,18-19H,3-8,11H2,1-2H3. The first kappa shape index (κ1) is 15.1. The highest BCUT2D eigenvalue weighted by Crippen LogP contribution is 2.30. The smallest absolute Gasteiger partial charge is 0.119 e. The van der Waals surface area contributed by atoms with Crippen molar-refractivity contribution in [2.75, 3.05) is 13.2 Å². The maximum Gasteiger partial charge on any atom is 0.119 e. The molecule has 0 saturated heterocycles. The van der Waals surface area contributed by atoms with E-state index in [4.69, 9.17) is 4.74 Å². The maximum atomic E-state index is 5.64. The van der Waals surface area contributed by atoms with Crippen LogP contribution in [0.3, 0.4) is 0 Å². The van der Waals surface area contributed by atoms with Crippen LogP contribution in [0.2, 0.25) is 0 Å². The third-order valence-electron chi connectivity index (χ3n) is 3.86. The van der Waals surface area contributed by atoms with Gasteiger partial charge in [0, 0.05) is 0 Å². The highest BCUT2D eigenvalue weighted by atomic mass is 16.5. The van der Waals surface area contributed by atoms with E-state index in [1.807, 2.05) is 13.0 Å². The summed E-state index contributed by atoms with van der Waals surface area (Å²) in [4.78, 5) is 0. The van der Waals surface area contributed by atoms with E-state index in [2.05, 4.69) is 36.5 Å². The largest absolute Gasteiger partial charge is 0.494 e. The molecule has 1 aliphatic rings. The fourth-order valence-electron chi connectivity index (χ4n) is 2.92. The summed E-state index contributed by atoms with van der Waals surface area (Å²) in [7, 11) is 0. The van der Waals surface area contributed by atoms with Gasteiger partial charge in [0.15, 0.2) is 0 Å². The summed E-state index contributed by atoms with van der Waals surface area (Å²) in [5, 5.41) is 3.64. The lowest BCUT2D eigenvalue weighted by Crippen LogP contribution is -2.23. The summed E-state index contributed by atoms with van der Waals surface area (Å²) in [6, 6.07) is 8.88. The Labute approximate surface area is 123 Å². The van der Waals surface area contributed by atoms with E-state index in [0.29, 0.717) is 6.04 Å². The second-order valence-corrected chi connectivity index (χ2v) is 5.37. The van der Waals surface area contributed by atoms with Crippen LogP contribution in [-0.2, 0) is 0 Å². The average molecular weight is 273 g/mol. The molecule has 0 saturated carbocycles. The molecule has 0 amide bonds. The van der Waals surface area contributed by atoms with Crippen LogP contribution in [0.1, 0.15) is 57.6 Å². The quantitative estimate of drug-likeness (QED) is 0.763. The second-order valence-electron chi connectivity index (χ2n) is 5.37. The van der Waals surface area contributed by atoms with Crippen LogP contribution in [0.15, 0.2) is 35.9 Å². The van der Waals surface area contributed by atoms with E-state index in [0.717, 1.165) is 18.9 Å². The molecule has 0 radical (unpaired) electrons. The minimum absolute atomic E-state index is 0.346. The Bertz CT molecular complexity index is 439. The minimum atomic E-state index is 0.346. The van der Waals surface area contributed by atoms with Gasteiger partial charge in [0.05, 0.1) is 12.6 Å². The van der Waals surface area contributed by atoms with Gasteiger partial charge in [0.2, 0.25) is 0 Å². The van der Waals surface area contributed by atoms with Crippen molar-refractivity contribution in [2.45, 2.75) is 52.0 Å². The molecule has 1 aliphatic carbocycles. The number of likely N-dealkylation sites (N-methyl/N-ethyl adjacent to an activating group) is 1. The van der Waals surface area contributed by atoms with Crippen molar-refractivity contribution in [3.8, 4) is 5.75 Å². The molecule has 0 spiro atoms. The number of hydrogen-bond donors (Lipinski definition) is 1. The molecule has 20 heavy (non-hydrogen) atoms. The highest BCUT2D eigenvalue weighted by Gasteiger charge is 2.17. The summed E-state index contributed by atoms with van der Waals surface area (Å²) < 4.78 is 5.64. The predicted octanol–water partition coefficient (Wildman–Crippen LogP) is 4.63. The van der Waals surface area contributed by atoms with Crippen LogP contribution in [-0.4, -0.2) is 13.2 Å². The summed E-state index contributed by atoms with van der Waals surface area (Å²) in [5.41, 5.74) is 2.88. The monoisotopic (exact) mass is 273 g/mol. The zero-order chi connectivity index (χ0) is 14.2. The van der Waals surface area contributed by atoms with Crippen molar-refractivity contribution < 1.29 is 4.74 Å². The van der Waals surface area contributed by atoms with Crippen LogP contribution in [0.5, 0.6) is 5.75 Å². The van der Waals surface area contributed by atoms with E-state index in [-0.39, 0.29) is 0 Å². The molecule has 0 bridgehead atoms. The lowest BCUT2D eigenvalue weighted by atomic mass is 9.95. The molecule has 1 aromatic rings. The number of nitrogens with one attached hydrogen (secondary N) is 1. The van der Waals surface area contributed by atoms with Gasteiger partial charge in [-0.3, -0.25) is 0 Å². The van der Waals surface area contributed by atoms with Gasteiger partial charge in [-0.05, 0) is 56.8 Å². The molecule has 0 fully saturated rings. The van der Waals surface area contributed by atoms with Gasteiger partial charge in [-0.15, -0.1) is 0 Å². The molecule has 1 unspecified atom stereocenters. The van der Waals surface area contributed by atoms with Gasteiger partial charge in [-0.25, -0.2) is 0 Å². The molecule has 0 aliphatic heterocycles. The van der Waals surface area contributed by atoms with Gasteiger partial charge in [0.1, 0.15) is 5.75 Å². The van der Waals surface area contributed by atoms with Crippen molar-refractivity contribution in [2.24, 2.45) is 0 Å². The molecule has 0 heterocycles. The Balaban J connectivity index is 2.22. The van der Waals surface area contributed by atoms with Crippen molar-refractivity contribution in [3.05, 3.63) is 41.5 Å². The van der Waals surface area contributed by atoms with Crippen molar-refractivity contribution in [1.82, 2.24) is 5.32 Å².